The van der Waals surface area contributed by atoms with Gasteiger partial charge in [-0.15, -0.1) is 0 Å². The van der Waals surface area contributed by atoms with E-state index in [1.54, 1.807) is 0 Å². The molecule has 0 aromatic carbocycles. The van der Waals surface area contributed by atoms with E-state index in [0.717, 1.165) is 32.5 Å². The highest BCUT2D eigenvalue weighted by molar-refractivity contribution is 5.76. The average molecular weight is 254 g/mol. The van der Waals surface area contributed by atoms with Crippen molar-refractivity contribution in [2.75, 3.05) is 19.6 Å². The number of carbonyl (C=O) groups excluding carboxylic acids is 1. The van der Waals surface area contributed by atoms with Crippen molar-refractivity contribution < 1.29 is 4.79 Å². The van der Waals surface area contributed by atoms with Crippen molar-refractivity contribution in [3.8, 4) is 0 Å². The largest absolute Gasteiger partial charge is 0.342 e. The van der Waals surface area contributed by atoms with Crippen LogP contribution in [-0.4, -0.2) is 30.4 Å². The third-order valence-corrected chi connectivity index (χ3v) is 4.41. The van der Waals surface area contributed by atoms with Crippen molar-refractivity contribution in [3.05, 3.63) is 0 Å². The van der Waals surface area contributed by atoms with E-state index in [4.69, 9.17) is 5.73 Å². The summed E-state index contributed by atoms with van der Waals surface area (Å²) in [5.41, 5.74) is 5.83. The highest BCUT2D eigenvalue weighted by atomic mass is 16.2. The fraction of sp³-hybridized carbons (Fsp3) is 0.933. The molecule has 0 aliphatic carbocycles. The van der Waals surface area contributed by atoms with Crippen molar-refractivity contribution in [1.29, 1.82) is 0 Å². The van der Waals surface area contributed by atoms with E-state index in [9.17, 15) is 4.79 Å². The molecule has 0 radical (unpaired) electrons. The molecule has 1 aliphatic rings. The summed E-state index contributed by atoms with van der Waals surface area (Å²) < 4.78 is 0. The summed E-state index contributed by atoms with van der Waals surface area (Å²) in [7, 11) is 0. The molecule has 2 unspecified atom stereocenters. The molecule has 1 fully saturated rings. The fourth-order valence-corrected chi connectivity index (χ4v) is 2.46. The second-order valence-electron chi connectivity index (χ2n) is 6.90. The Labute approximate surface area is 112 Å². The van der Waals surface area contributed by atoms with Crippen molar-refractivity contribution in [1.82, 2.24) is 4.90 Å². The Kier molecular flexibility index (Phi) is 5.64. The topological polar surface area (TPSA) is 46.3 Å². The van der Waals surface area contributed by atoms with E-state index in [2.05, 4.69) is 32.6 Å². The second kappa shape index (κ2) is 6.55. The molecule has 3 nitrogen and oxygen atoms in total. The summed E-state index contributed by atoms with van der Waals surface area (Å²) in [6.07, 6.45) is 4.10. The summed E-state index contributed by atoms with van der Waals surface area (Å²) >= 11 is 0. The van der Waals surface area contributed by atoms with Crippen molar-refractivity contribution in [3.63, 3.8) is 0 Å². The zero-order valence-electron chi connectivity index (χ0n) is 12.5. The van der Waals surface area contributed by atoms with Gasteiger partial charge in [0.15, 0.2) is 0 Å². The van der Waals surface area contributed by atoms with Gasteiger partial charge in [-0.1, -0.05) is 27.7 Å². The number of hydrogen-bond donors (Lipinski definition) is 1. The molecule has 3 heteroatoms. The number of nitrogens with two attached hydrogens (primary N) is 1. The maximum Gasteiger partial charge on any atom is 0.222 e. The van der Waals surface area contributed by atoms with E-state index < -0.39 is 0 Å². The molecule has 0 aromatic heterocycles. The minimum absolute atomic E-state index is 0.210. The van der Waals surface area contributed by atoms with E-state index in [1.165, 1.54) is 6.42 Å². The minimum atomic E-state index is 0.210. The van der Waals surface area contributed by atoms with Crippen molar-refractivity contribution in [2.24, 2.45) is 23.0 Å². The van der Waals surface area contributed by atoms with Gasteiger partial charge in [0.25, 0.3) is 0 Å². The van der Waals surface area contributed by atoms with Gasteiger partial charge in [0.2, 0.25) is 5.91 Å². The quantitative estimate of drug-likeness (QED) is 0.838. The Hall–Kier alpha value is -0.570. The van der Waals surface area contributed by atoms with Crippen LogP contribution in [0.3, 0.4) is 0 Å². The number of likely N-dealkylation sites (tertiary alicyclic amines) is 1. The van der Waals surface area contributed by atoms with Crippen LogP contribution in [-0.2, 0) is 4.79 Å². The molecule has 0 spiro atoms. The van der Waals surface area contributed by atoms with Gasteiger partial charge in [-0.2, -0.15) is 0 Å². The lowest BCUT2D eigenvalue weighted by Gasteiger charge is -2.35. The predicted octanol–water partition coefficient (Wildman–Crippen LogP) is 2.65. The Morgan fingerprint density at radius 1 is 1.44 bits per heavy atom. The lowest BCUT2D eigenvalue weighted by atomic mass is 9.80. The maximum absolute atomic E-state index is 12.3. The van der Waals surface area contributed by atoms with E-state index in [1.807, 2.05) is 0 Å². The molecule has 0 saturated carbocycles. The molecule has 1 rings (SSSR count). The number of piperidine rings is 1. The third-order valence-electron chi connectivity index (χ3n) is 4.41. The Morgan fingerprint density at radius 3 is 2.67 bits per heavy atom. The fourth-order valence-electron chi connectivity index (χ4n) is 2.46. The number of hydrogen-bond acceptors (Lipinski definition) is 2. The van der Waals surface area contributed by atoms with Crippen LogP contribution in [0.4, 0.5) is 0 Å². The summed E-state index contributed by atoms with van der Waals surface area (Å²) in [5, 5.41) is 0. The predicted molar refractivity (Wildman–Crippen MR) is 76.2 cm³/mol. The molecule has 2 atom stereocenters. The zero-order chi connectivity index (χ0) is 13.8. The van der Waals surface area contributed by atoms with Crippen LogP contribution in [0.5, 0.6) is 0 Å². The van der Waals surface area contributed by atoms with Crippen LogP contribution in [0.15, 0.2) is 0 Å². The lowest BCUT2D eigenvalue weighted by Crippen LogP contribution is -2.41. The van der Waals surface area contributed by atoms with Gasteiger partial charge in [0.05, 0.1) is 0 Å². The van der Waals surface area contributed by atoms with Crippen LogP contribution in [0, 0.1) is 17.3 Å². The third kappa shape index (κ3) is 4.60. The molecule has 1 saturated heterocycles. The van der Waals surface area contributed by atoms with Crippen molar-refractivity contribution in [2.45, 2.75) is 53.4 Å². The van der Waals surface area contributed by atoms with Gasteiger partial charge < -0.3 is 10.6 Å². The van der Waals surface area contributed by atoms with Crippen LogP contribution >= 0.6 is 0 Å². The first-order chi connectivity index (χ1) is 8.34. The molecule has 0 aromatic rings. The van der Waals surface area contributed by atoms with Gasteiger partial charge in [-0.3, -0.25) is 4.79 Å². The molecular weight excluding hydrogens is 224 g/mol. The molecule has 18 heavy (non-hydrogen) atoms. The molecule has 1 aliphatic heterocycles. The first-order valence-corrected chi connectivity index (χ1v) is 7.32. The molecule has 1 amide bonds. The van der Waals surface area contributed by atoms with E-state index >= 15 is 0 Å². The first-order valence-electron chi connectivity index (χ1n) is 7.32. The number of carbonyl (C=O) groups is 1. The van der Waals surface area contributed by atoms with Gasteiger partial charge >= 0.3 is 0 Å². The Morgan fingerprint density at radius 2 is 2.11 bits per heavy atom. The number of amides is 1. The molecule has 106 valence electrons. The van der Waals surface area contributed by atoms with Gasteiger partial charge in [0.1, 0.15) is 0 Å². The first kappa shape index (κ1) is 15.5. The molecule has 2 N–H and O–H groups in total. The maximum atomic E-state index is 12.3. The summed E-state index contributed by atoms with van der Waals surface area (Å²) in [5.74, 6) is 1.39. The van der Waals surface area contributed by atoms with Crippen LogP contribution in [0.1, 0.15) is 53.4 Å². The van der Waals surface area contributed by atoms with Gasteiger partial charge in [0, 0.05) is 19.5 Å². The van der Waals surface area contributed by atoms with Gasteiger partial charge in [-0.25, -0.2) is 0 Å². The highest BCUT2D eigenvalue weighted by Gasteiger charge is 2.27. The second-order valence-corrected chi connectivity index (χ2v) is 6.90. The molecule has 1 heterocycles. The van der Waals surface area contributed by atoms with E-state index in [0.29, 0.717) is 24.2 Å². The van der Waals surface area contributed by atoms with Crippen molar-refractivity contribution >= 4 is 5.91 Å². The molecular formula is C15H30N2O. The normalized spacial score (nSPS) is 22.9. The SMILES string of the molecule is CC(CC(=O)N1CCCC(CCN)C1)C(C)(C)C. The smallest absolute Gasteiger partial charge is 0.222 e. The molecule has 0 bridgehead atoms. The van der Waals surface area contributed by atoms with Crippen LogP contribution < -0.4 is 5.73 Å². The lowest BCUT2D eigenvalue weighted by molar-refractivity contribution is -0.134. The number of nitrogens with zero attached hydrogens (tertiary/aromatic N) is 1. The van der Waals surface area contributed by atoms with Crippen LogP contribution in [0.25, 0.3) is 0 Å². The summed E-state index contributed by atoms with van der Waals surface area (Å²) in [6.45, 7) is 11.4. The average Bonchev–Trinajstić information content (AvgIpc) is 2.28. The summed E-state index contributed by atoms with van der Waals surface area (Å²) in [6, 6.07) is 0. The standard InChI is InChI=1S/C15H30N2O/c1-12(15(2,3)4)10-14(18)17-9-5-6-13(11-17)7-8-16/h12-13H,5-11,16H2,1-4H3. The Balaban J connectivity index is 2.46. The van der Waals surface area contributed by atoms with Crippen LogP contribution in [0.2, 0.25) is 0 Å². The minimum Gasteiger partial charge on any atom is -0.342 e. The van der Waals surface area contributed by atoms with E-state index in [-0.39, 0.29) is 5.41 Å². The Bertz CT molecular complexity index is 268. The van der Waals surface area contributed by atoms with Gasteiger partial charge in [-0.05, 0) is 43.1 Å². The zero-order valence-corrected chi connectivity index (χ0v) is 12.5. The highest BCUT2D eigenvalue weighted by Crippen LogP contribution is 2.29. The summed E-state index contributed by atoms with van der Waals surface area (Å²) in [4.78, 5) is 14.4. The monoisotopic (exact) mass is 254 g/mol. The number of rotatable bonds is 4.